The summed E-state index contributed by atoms with van der Waals surface area (Å²) in [5.41, 5.74) is -2.86. The van der Waals surface area contributed by atoms with E-state index in [4.69, 9.17) is 4.74 Å². The van der Waals surface area contributed by atoms with Crippen LogP contribution in [0, 0.1) is 17.3 Å². The number of halogens is 1. The van der Waals surface area contributed by atoms with E-state index in [1.807, 2.05) is 6.92 Å². The number of esters is 1. The third kappa shape index (κ3) is 1.82. The molecule has 0 aromatic rings. The van der Waals surface area contributed by atoms with Gasteiger partial charge in [-0.1, -0.05) is 11.6 Å². The number of aliphatic hydroxyl groups is 1. The number of alkyl halides is 1. The van der Waals surface area contributed by atoms with Crippen molar-refractivity contribution in [1.82, 2.24) is 0 Å². The number of carbonyl (C=O) groups is 2. The average molecular weight is 334 g/mol. The van der Waals surface area contributed by atoms with E-state index in [0.717, 1.165) is 5.57 Å². The highest BCUT2D eigenvalue weighted by atomic mass is 19.1. The van der Waals surface area contributed by atoms with Gasteiger partial charge in [0.05, 0.1) is 6.10 Å². The summed E-state index contributed by atoms with van der Waals surface area (Å²) in [6.07, 6.45) is 5.53. The van der Waals surface area contributed by atoms with E-state index in [0.29, 0.717) is 25.7 Å². The van der Waals surface area contributed by atoms with Crippen molar-refractivity contribution in [3.63, 3.8) is 0 Å². The molecule has 24 heavy (non-hydrogen) atoms. The van der Waals surface area contributed by atoms with Crippen molar-refractivity contribution in [2.75, 3.05) is 0 Å². The minimum Gasteiger partial charge on any atom is -0.459 e. The summed E-state index contributed by atoms with van der Waals surface area (Å²) < 4.78 is 22.1. The standard InChI is InChI=1S/C19H23FO4/c1-17-8-7-12(21)9-11(17)3-4-14-13-5-6-16(23)24-18(13,2)10-15(22)19(14,17)20/h7-9,13-15,22H,3-6,10H2,1-2H3/t13-,14+,15-,17-,18-,19+/m0/s1. The Morgan fingerprint density at radius 3 is 2.67 bits per heavy atom. The minimum atomic E-state index is -1.85. The quantitative estimate of drug-likeness (QED) is 0.692. The number of rotatable bonds is 0. The van der Waals surface area contributed by atoms with Gasteiger partial charge in [0.2, 0.25) is 0 Å². The zero-order chi connectivity index (χ0) is 17.3. The molecular formula is C19H23FO4. The van der Waals surface area contributed by atoms with Crippen LogP contribution in [0.3, 0.4) is 0 Å². The summed E-state index contributed by atoms with van der Waals surface area (Å²) >= 11 is 0. The van der Waals surface area contributed by atoms with Crippen LogP contribution in [0.2, 0.25) is 0 Å². The summed E-state index contributed by atoms with van der Waals surface area (Å²) in [5, 5.41) is 10.8. The van der Waals surface area contributed by atoms with Gasteiger partial charge in [-0.25, -0.2) is 4.39 Å². The van der Waals surface area contributed by atoms with Crippen LogP contribution in [0.5, 0.6) is 0 Å². The second-order valence-electron chi connectivity index (χ2n) is 8.17. The van der Waals surface area contributed by atoms with E-state index >= 15 is 4.39 Å². The lowest BCUT2D eigenvalue weighted by molar-refractivity contribution is -0.241. The fourth-order valence-corrected chi connectivity index (χ4v) is 5.74. The maximum atomic E-state index is 16.5. The van der Waals surface area contributed by atoms with Crippen LogP contribution < -0.4 is 0 Å². The molecular weight excluding hydrogens is 311 g/mol. The number of allylic oxidation sites excluding steroid dienone is 4. The maximum Gasteiger partial charge on any atom is 0.306 e. The summed E-state index contributed by atoms with van der Waals surface area (Å²) in [6.45, 7) is 3.61. The number of fused-ring (bicyclic) bond motifs is 5. The van der Waals surface area contributed by atoms with Crippen LogP contribution in [0.15, 0.2) is 23.8 Å². The van der Waals surface area contributed by atoms with Crippen LogP contribution in [0.4, 0.5) is 4.39 Å². The van der Waals surface area contributed by atoms with Crippen molar-refractivity contribution in [3.05, 3.63) is 23.8 Å². The van der Waals surface area contributed by atoms with Crippen molar-refractivity contribution in [1.29, 1.82) is 0 Å². The average Bonchev–Trinajstić information content (AvgIpc) is 2.49. The first kappa shape index (κ1) is 16.0. The van der Waals surface area contributed by atoms with E-state index in [2.05, 4.69) is 0 Å². The molecule has 3 aliphatic carbocycles. The van der Waals surface area contributed by atoms with Crippen molar-refractivity contribution in [2.45, 2.75) is 63.3 Å². The van der Waals surface area contributed by atoms with Gasteiger partial charge in [-0.2, -0.15) is 0 Å². The van der Waals surface area contributed by atoms with E-state index in [9.17, 15) is 14.7 Å². The molecule has 4 rings (SSSR count). The first-order valence-corrected chi connectivity index (χ1v) is 8.74. The molecule has 1 heterocycles. The third-order valence-corrected chi connectivity index (χ3v) is 6.98. The van der Waals surface area contributed by atoms with Crippen LogP contribution in [0.25, 0.3) is 0 Å². The van der Waals surface area contributed by atoms with E-state index in [1.54, 1.807) is 13.0 Å². The Kier molecular flexibility index (Phi) is 3.19. The Morgan fingerprint density at radius 1 is 1.21 bits per heavy atom. The zero-order valence-electron chi connectivity index (χ0n) is 14.0. The summed E-state index contributed by atoms with van der Waals surface area (Å²) in [7, 11) is 0. The Bertz CT molecular complexity index is 683. The Morgan fingerprint density at radius 2 is 1.92 bits per heavy atom. The first-order valence-electron chi connectivity index (χ1n) is 8.74. The summed E-state index contributed by atoms with van der Waals surface area (Å²) in [6, 6.07) is 0. The Hall–Kier alpha value is -1.49. The second kappa shape index (κ2) is 4.78. The summed E-state index contributed by atoms with van der Waals surface area (Å²) in [5.74, 6) is -0.878. The Balaban J connectivity index is 1.81. The highest BCUT2D eigenvalue weighted by molar-refractivity contribution is 6.01. The lowest BCUT2D eigenvalue weighted by Crippen LogP contribution is -2.69. The third-order valence-electron chi connectivity index (χ3n) is 6.98. The molecule has 0 amide bonds. The summed E-state index contributed by atoms with van der Waals surface area (Å²) in [4.78, 5) is 23.5. The first-order chi connectivity index (χ1) is 11.2. The van der Waals surface area contributed by atoms with Crippen LogP contribution in [0.1, 0.15) is 46.0 Å². The van der Waals surface area contributed by atoms with Gasteiger partial charge in [0.25, 0.3) is 0 Å². The predicted molar refractivity (Wildman–Crippen MR) is 84.7 cm³/mol. The largest absolute Gasteiger partial charge is 0.459 e. The number of ether oxygens (including phenoxy) is 1. The van der Waals surface area contributed by atoms with Gasteiger partial charge in [0.1, 0.15) is 5.60 Å². The van der Waals surface area contributed by atoms with Crippen molar-refractivity contribution < 1.29 is 23.8 Å². The number of aliphatic hydroxyl groups excluding tert-OH is 1. The predicted octanol–water partition coefficient (Wildman–Crippen LogP) is 2.65. The van der Waals surface area contributed by atoms with Gasteiger partial charge in [0, 0.05) is 30.1 Å². The molecule has 1 aliphatic heterocycles. The zero-order valence-corrected chi connectivity index (χ0v) is 14.0. The van der Waals surface area contributed by atoms with Gasteiger partial charge in [-0.15, -0.1) is 0 Å². The molecule has 0 aromatic heterocycles. The lowest BCUT2D eigenvalue weighted by Gasteiger charge is -2.62. The van der Waals surface area contributed by atoms with Gasteiger partial charge < -0.3 is 9.84 Å². The number of hydrogen-bond acceptors (Lipinski definition) is 4. The normalized spacial score (nSPS) is 50.3. The highest BCUT2D eigenvalue weighted by Gasteiger charge is 2.69. The molecule has 130 valence electrons. The van der Waals surface area contributed by atoms with Crippen LogP contribution in [-0.4, -0.2) is 34.2 Å². The molecule has 4 aliphatic rings. The van der Waals surface area contributed by atoms with Gasteiger partial charge in [-0.05, 0) is 45.3 Å². The minimum absolute atomic E-state index is 0.0983. The molecule has 0 aromatic carbocycles. The molecule has 1 saturated heterocycles. The lowest BCUT2D eigenvalue weighted by atomic mass is 9.46. The number of hydrogen-bond donors (Lipinski definition) is 1. The van der Waals surface area contributed by atoms with E-state index < -0.39 is 22.8 Å². The van der Waals surface area contributed by atoms with Crippen LogP contribution >= 0.6 is 0 Å². The molecule has 6 atom stereocenters. The van der Waals surface area contributed by atoms with E-state index in [1.165, 1.54) is 12.2 Å². The van der Waals surface area contributed by atoms with Gasteiger partial charge in [-0.3, -0.25) is 9.59 Å². The molecule has 0 unspecified atom stereocenters. The van der Waals surface area contributed by atoms with Gasteiger partial charge in [0.15, 0.2) is 11.5 Å². The van der Waals surface area contributed by atoms with Crippen molar-refractivity contribution in [2.24, 2.45) is 17.3 Å². The SMILES string of the molecule is C[C@]12C=CC(=O)C=C1CC[C@@H]1[C@@H]3CCC(=O)O[C@@]3(C)C[C@H](O)[C@]12F. The number of ketones is 1. The molecule has 0 bridgehead atoms. The molecule has 3 fully saturated rings. The Labute approximate surface area is 140 Å². The monoisotopic (exact) mass is 334 g/mol. The molecule has 0 radical (unpaired) electrons. The highest BCUT2D eigenvalue weighted by Crippen LogP contribution is 2.64. The topological polar surface area (TPSA) is 63.6 Å². The smallest absolute Gasteiger partial charge is 0.306 e. The van der Waals surface area contributed by atoms with Crippen molar-refractivity contribution >= 4 is 11.8 Å². The molecule has 5 heteroatoms. The molecule has 4 nitrogen and oxygen atoms in total. The fourth-order valence-electron chi connectivity index (χ4n) is 5.74. The van der Waals surface area contributed by atoms with Crippen molar-refractivity contribution in [3.8, 4) is 0 Å². The van der Waals surface area contributed by atoms with E-state index in [-0.39, 0.29) is 30.0 Å². The molecule has 1 N–H and O–H groups in total. The van der Waals surface area contributed by atoms with Gasteiger partial charge >= 0.3 is 5.97 Å². The maximum absolute atomic E-state index is 16.5. The second-order valence-corrected chi connectivity index (χ2v) is 8.17. The van der Waals surface area contributed by atoms with Crippen LogP contribution in [-0.2, 0) is 14.3 Å². The molecule has 0 spiro atoms. The fraction of sp³-hybridized carbons (Fsp3) is 0.684. The molecule has 2 saturated carbocycles. The number of carbonyl (C=O) groups excluding carboxylic acids is 2.